The molecule has 0 aliphatic carbocycles. The van der Waals surface area contributed by atoms with Gasteiger partial charge in [-0.05, 0) is 32.7 Å². The molecule has 6 nitrogen and oxygen atoms in total. The molecule has 2 fully saturated rings. The number of hydrogen-bond donors (Lipinski definition) is 2. The standard InChI is InChI=1S/C17H28N4O2/c1-17(2,3)14-9-16(23-20-14)19-15(22)10-21(4)13-7-11-5-6-12(8-13)18-11/h9,11-13,18H,5-8,10H2,1-4H3,(H,19,22). The van der Waals surface area contributed by atoms with E-state index < -0.39 is 0 Å². The Hall–Kier alpha value is -1.40. The summed E-state index contributed by atoms with van der Waals surface area (Å²) in [6.07, 6.45) is 4.82. The number of carbonyl (C=O) groups is 1. The zero-order valence-electron chi connectivity index (χ0n) is 14.6. The zero-order valence-corrected chi connectivity index (χ0v) is 14.6. The Morgan fingerprint density at radius 1 is 1.39 bits per heavy atom. The van der Waals surface area contributed by atoms with Gasteiger partial charge < -0.3 is 9.84 Å². The van der Waals surface area contributed by atoms with Crippen molar-refractivity contribution >= 4 is 11.8 Å². The molecular weight excluding hydrogens is 292 g/mol. The molecule has 128 valence electrons. The minimum absolute atomic E-state index is 0.0463. The number of carbonyl (C=O) groups excluding carboxylic acids is 1. The molecule has 0 spiro atoms. The van der Waals surface area contributed by atoms with Crippen LogP contribution in [0.4, 0.5) is 5.88 Å². The minimum Gasteiger partial charge on any atom is -0.338 e. The Bertz CT molecular complexity index is 551. The van der Waals surface area contributed by atoms with Crippen LogP contribution in [0.15, 0.2) is 10.6 Å². The Morgan fingerprint density at radius 3 is 2.61 bits per heavy atom. The molecule has 0 radical (unpaired) electrons. The van der Waals surface area contributed by atoms with Gasteiger partial charge in [0.2, 0.25) is 11.8 Å². The lowest BCUT2D eigenvalue weighted by molar-refractivity contribution is -0.117. The normalized spacial score (nSPS) is 27.4. The maximum Gasteiger partial charge on any atom is 0.240 e. The summed E-state index contributed by atoms with van der Waals surface area (Å²) in [5, 5.41) is 10.5. The van der Waals surface area contributed by atoms with Gasteiger partial charge in [0, 0.05) is 29.6 Å². The second-order valence-electron chi connectivity index (χ2n) is 8.05. The quantitative estimate of drug-likeness (QED) is 0.889. The average molecular weight is 320 g/mol. The van der Waals surface area contributed by atoms with Gasteiger partial charge in [-0.3, -0.25) is 15.0 Å². The van der Waals surface area contributed by atoms with Crippen LogP contribution in [-0.2, 0) is 10.2 Å². The third-order valence-corrected chi connectivity index (χ3v) is 5.01. The van der Waals surface area contributed by atoms with Crippen LogP contribution < -0.4 is 10.6 Å². The van der Waals surface area contributed by atoms with E-state index in [1.807, 2.05) is 13.1 Å². The fourth-order valence-corrected chi connectivity index (χ4v) is 3.61. The lowest BCUT2D eigenvalue weighted by Crippen LogP contribution is -2.48. The highest BCUT2D eigenvalue weighted by Crippen LogP contribution is 2.29. The van der Waals surface area contributed by atoms with Gasteiger partial charge in [0.05, 0.1) is 12.2 Å². The molecule has 2 bridgehead atoms. The summed E-state index contributed by atoms with van der Waals surface area (Å²) in [7, 11) is 2.04. The molecule has 1 amide bonds. The molecule has 0 aromatic carbocycles. The summed E-state index contributed by atoms with van der Waals surface area (Å²) in [6.45, 7) is 6.58. The Morgan fingerprint density at radius 2 is 2.04 bits per heavy atom. The van der Waals surface area contributed by atoms with Crippen molar-refractivity contribution in [2.75, 3.05) is 18.9 Å². The minimum atomic E-state index is -0.0857. The maximum absolute atomic E-state index is 12.2. The number of hydrogen-bond acceptors (Lipinski definition) is 5. The third-order valence-electron chi connectivity index (χ3n) is 5.01. The highest BCUT2D eigenvalue weighted by molar-refractivity contribution is 5.91. The predicted octanol–water partition coefficient (Wildman–Crippen LogP) is 2.13. The largest absolute Gasteiger partial charge is 0.338 e. The van der Waals surface area contributed by atoms with Gasteiger partial charge in [-0.2, -0.15) is 0 Å². The lowest BCUT2D eigenvalue weighted by Gasteiger charge is -2.35. The number of fused-ring (bicyclic) bond motifs is 2. The van der Waals surface area contributed by atoms with E-state index in [1.165, 1.54) is 12.8 Å². The first-order valence-corrected chi connectivity index (χ1v) is 8.54. The fourth-order valence-electron chi connectivity index (χ4n) is 3.61. The molecule has 2 unspecified atom stereocenters. The average Bonchev–Trinajstić information content (AvgIpc) is 3.05. The van der Waals surface area contributed by atoms with Crippen LogP contribution in [0.5, 0.6) is 0 Å². The van der Waals surface area contributed by atoms with Gasteiger partial charge in [-0.25, -0.2) is 0 Å². The molecular formula is C17H28N4O2. The third kappa shape index (κ3) is 3.93. The molecule has 3 heterocycles. The van der Waals surface area contributed by atoms with Crippen molar-refractivity contribution in [1.82, 2.24) is 15.4 Å². The summed E-state index contributed by atoms with van der Waals surface area (Å²) >= 11 is 0. The second kappa shape index (κ2) is 6.24. The number of anilines is 1. The number of nitrogens with zero attached hydrogens (tertiary/aromatic N) is 2. The number of aromatic nitrogens is 1. The Balaban J connectivity index is 1.52. The van der Waals surface area contributed by atoms with Crippen LogP contribution in [0.1, 0.15) is 52.1 Å². The van der Waals surface area contributed by atoms with E-state index in [0.29, 0.717) is 30.6 Å². The number of likely N-dealkylation sites (N-methyl/N-ethyl adjacent to an activating group) is 1. The van der Waals surface area contributed by atoms with Crippen molar-refractivity contribution in [3.63, 3.8) is 0 Å². The van der Waals surface area contributed by atoms with Crippen molar-refractivity contribution in [1.29, 1.82) is 0 Å². The molecule has 6 heteroatoms. The molecule has 2 aliphatic rings. The van der Waals surface area contributed by atoms with E-state index in [-0.39, 0.29) is 11.3 Å². The summed E-state index contributed by atoms with van der Waals surface area (Å²) in [5.74, 6) is 0.383. The highest BCUT2D eigenvalue weighted by Gasteiger charge is 2.35. The van der Waals surface area contributed by atoms with E-state index in [4.69, 9.17) is 4.52 Å². The molecule has 3 rings (SSSR count). The van der Waals surface area contributed by atoms with Gasteiger partial charge in [0.15, 0.2) is 0 Å². The van der Waals surface area contributed by atoms with Gasteiger partial charge in [-0.15, -0.1) is 0 Å². The monoisotopic (exact) mass is 320 g/mol. The van der Waals surface area contributed by atoms with E-state index in [1.54, 1.807) is 0 Å². The van der Waals surface area contributed by atoms with E-state index in [0.717, 1.165) is 18.5 Å². The van der Waals surface area contributed by atoms with Gasteiger partial charge >= 0.3 is 0 Å². The van der Waals surface area contributed by atoms with Crippen LogP contribution in [0.2, 0.25) is 0 Å². The zero-order chi connectivity index (χ0) is 16.6. The maximum atomic E-state index is 12.2. The summed E-state index contributed by atoms with van der Waals surface area (Å²) in [5.41, 5.74) is 0.758. The van der Waals surface area contributed by atoms with Crippen LogP contribution in [0, 0.1) is 0 Å². The first-order chi connectivity index (χ1) is 10.8. The van der Waals surface area contributed by atoms with E-state index >= 15 is 0 Å². The Labute approximate surface area is 138 Å². The molecule has 2 aliphatic heterocycles. The Kier molecular flexibility index (Phi) is 4.47. The molecule has 0 saturated carbocycles. The van der Waals surface area contributed by atoms with Crippen molar-refractivity contribution in [2.24, 2.45) is 0 Å². The van der Waals surface area contributed by atoms with Crippen LogP contribution in [0.3, 0.4) is 0 Å². The smallest absolute Gasteiger partial charge is 0.240 e. The summed E-state index contributed by atoms with van der Waals surface area (Å²) in [4.78, 5) is 14.4. The van der Waals surface area contributed by atoms with Gasteiger partial charge in [-0.1, -0.05) is 25.9 Å². The summed E-state index contributed by atoms with van der Waals surface area (Å²) < 4.78 is 5.22. The number of rotatable bonds is 4. The molecule has 23 heavy (non-hydrogen) atoms. The van der Waals surface area contributed by atoms with Crippen molar-refractivity contribution in [3.8, 4) is 0 Å². The van der Waals surface area contributed by atoms with Crippen LogP contribution in [-0.4, -0.2) is 47.7 Å². The van der Waals surface area contributed by atoms with E-state index in [9.17, 15) is 4.79 Å². The van der Waals surface area contributed by atoms with Gasteiger partial charge in [0.1, 0.15) is 0 Å². The van der Waals surface area contributed by atoms with Gasteiger partial charge in [0.25, 0.3) is 0 Å². The molecule has 1 aromatic rings. The number of nitrogens with one attached hydrogen (secondary N) is 2. The molecule has 2 atom stereocenters. The van der Waals surface area contributed by atoms with Crippen LogP contribution in [0.25, 0.3) is 0 Å². The van der Waals surface area contributed by atoms with Crippen molar-refractivity contribution in [3.05, 3.63) is 11.8 Å². The van der Waals surface area contributed by atoms with Crippen LogP contribution >= 0.6 is 0 Å². The number of piperidine rings is 1. The topological polar surface area (TPSA) is 70.4 Å². The highest BCUT2D eigenvalue weighted by atomic mass is 16.5. The molecule has 1 aromatic heterocycles. The fraction of sp³-hybridized carbons (Fsp3) is 0.765. The second-order valence-corrected chi connectivity index (χ2v) is 8.05. The van der Waals surface area contributed by atoms with E-state index in [2.05, 4.69) is 41.5 Å². The lowest BCUT2D eigenvalue weighted by atomic mass is 9.92. The SMILES string of the molecule is CN(CC(=O)Nc1cc(C(C)(C)C)no1)C1CC2CCC(C1)N2. The van der Waals surface area contributed by atoms with Crippen molar-refractivity contribution in [2.45, 2.75) is 70.0 Å². The predicted molar refractivity (Wildman–Crippen MR) is 89.4 cm³/mol. The number of amides is 1. The molecule has 2 N–H and O–H groups in total. The molecule has 2 saturated heterocycles. The first kappa shape index (κ1) is 16.5. The van der Waals surface area contributed by atoms with Crippen molar-refractivity contribution < 1.29 is 9.32 Å². The summed E-state index contributed by atoms with van der Waals surface area (Å²) in [6, 6.07) is 3.56. The first-order valence-electron chi connectivity index (χ1n) is 8.54.